The second kappa shape index (κ2) is 11.1. The summed E-state index contributed by atoms with van der Waals surface area (Å²) in [5.41, 5.74) is 1.21. The molecule has 11 heteroatoms. The standard InChI is InChI=1S/C23H24ClF3N4O3/c1-32-20-11-19-16(22(29-13-28-19)30-14-3-4-18(25)17(24)9-14)10-21(20)33-8-2-6-31-7-5-15(12-31)34-23(26)27/h3-4,9-11,13,15,23H,2,5-8,12H2,1H3,(H,28,29,30)/t15-/m1/s1. The molecular weight excluding hydrogens is 473 g/mol. The van der Waals surface area contributed by atoms with Crippen LogP contribution in [0.1, 0.15) is 12.8 Å². The van der Waals surface area contributed by atoms with Crippen LogP contribution < -0.4 is 14.8 Å². The molecule has 0 aliphatic carbocycles. The Kier molecular flexibility index (Phi) is 7.91. The molecule has 1 fully saturated rings. The van der Waals surface area contributed by atoms with Crippen molar-refractivity contribution in [3.8, 4) is 11.5 Å². The molecule has 2 aromatic carbocycles. The number of fused-ring (bicyclic) bond motifs is 1. The van der Waals surface area contributed by atoms with E-state index in [1.54, 1.807) is 25.3 Å². The molecular formula is C23H24ClF3N4O3. The first-order chi connectivity index (χ1) is 16.4. The van der Waals surface area contributed by atoms with E-state index < -0.39 is 18.5 Å². The number of rotatable bonds is 10. The third kappa shape index (κ3) is 5.99. The quantitative estimate of drug-likeness (QED) is 0.384. The molecule has 0 spiro atoms. The number of ether oxygens (including phenoxy) is 3. The maximum atomic E-state index is 13.5. The van der Waals surface area contributed by atoms with Crippen molar-refractivity contribution >= 4 is 34.0 Å². The SMILES string of the molecule is COc1cc2ncnc(Nc3ccc(F)c(Cl)c3)c2cc1OCCCN1CC[C@@H](OC(F)F)C1. The number of aromatic nitrogens is 2. The summed E-state index contributed by atoms with van der Waals surface area (Å²) in [5.74, 6) is 1.03. The molecule has 1 N–H and O–H groups in total. The highest BCUT2D eigenvalue weighted by molar-refractivity contribution is 6.31. The van der Waals surface area contributed by atoms with Crippen LogP contribution in [0.15, 0.2) is 36.7 Å². The van der Waals surface area contributed by atoms with Gasteiger partial charge in [0.1, 0.15) is 18.0 Å². The lowest BCUT2D eigenvalue weighted by Crippen LogP contribution is -2.26. The first-order valence-corrected chi connectivity index (χ1v) is 11.1. The molecule has 4 rings (SSSR count). The molecule has 1 aliphatic heterocycles. The van der Waals surface area contributed by atoms with Crippen LogP contribution in [0.2, 0.25) is 5.02 Å². The third-order valence-corrected chi connectivity index (χ3v) is 5.79. The number of hydrogen-bond donors (Lipinski definition) is 1. The van der Waals surface area contributed by atoms with E-state index in [4.69, 9.17) is 21.1 Å². The van der Waals surface area contributed by atoms with Gasteiger partial charge in [0.2, 0.25) is 0 Å². The minimum atomic E-state index is -2.74. The number of hydrogen-bond acceptors (Lipinski definition) is 7. The van der Waals surface area contributed by atoms with E-state index in [0.29, 0.717) is 66.4 Å². The minimum absolute atomic E-state index is 0.000792. The number of methoxy groups -OCH3 is 1. The zero-order valence-corrected chi connectivity index (χ0v) is 19.2. The lowest BCUT2D eigenvalue weighted by atomic mass is 10.2. The van der Waals surface area contributed by atoms with Crippen LogP contribution in [-0.2, 0) is 4.74 Å². The monoisotopic (exact) mass is 496 g/mol. The number of likely N-dealkylation sites (tertiary alicyclic amines) is 1. The minimum Gasteiger partial charge on any atom is -0.493 e. The van der Waals surface area contributed by atoms with Crippen molar-refractivity contribution < 1.29 is 27.4 Å². The van der Waals surface area contributed by atoms with Gasteiger partial charge in [-0.25, -0.2) is 14.4 Å². The number of nitrogens with one attached hydrogen (secondary N) is 1. The van der Waals surface area contributed by atoms with Crippen LogP contribution in [0.25, 0.3) is 10.9 Å². The molecule has 1 aromatic heterocycles. The Morgan fingerprint density at radius 1 is 1.21 bits per heavy atom. The van der Waals surface area contributed by atoms with E-state index in [9.17, 15) is 13.2 Å². The molecule has 7 nitrogen and oxygen atoms in total. The lowest BCUT2D eigenvalue weighted by molar-refractivity contribution is -0.158. The number of alkyl halides is 2. The molecule has 2 heterocycles. The number of benzene rings is 2. The van der Waals surface area contributed by atoms with Gasteiger partial charge in [-0.05, 0) is 37.1 Å². The number of anilines is 2. The van der Waals surface area contributed by atoms with Crippen molar-refractivity contribution in [1.82, 2.24) is 14.9 Å². The van der Waals surface area contributed by atoms with Gasteiger partial charge in [0.15, 0.2) is 11.5 Å². The Labute approximate surface area is 199 Å². The number of halogens is 4. The smallest absolute Gasteiger partial charge is 0.345 e. The molecule has 0 amide bonds. The van der Waals surface area contributed by atoms with Crippen molar-refractivity contribution in [3.05, 3.63) is 47.5 Å². The Bertz CT molecular complexity index is 1140. The molecule has 34 heavy (non-hydrogen) atoms. The molecule has 0 unspecified atom stereocenters. The molecule has 1 atom stereocenters. The van der Waals surface area contributed by atoms with Gasteiger partial charge in [0, 0.05) is 36.8 Å². The van der Waals surface area contributed by atoms with Gasteiger partial charge < -0.3 is 24.4 Å². The average Bonchev–Trinajstić information content (AvgIpc) is 3.25. The zero-order valence-electron chi connectivity index (χ0n) is 18.4. The van der Waals surface area contributed by atoms with E-state index in [1.165, 1.54) is 18.5 Å². The van der Waals surface area contributed by atoms with E-state index >= 15 is 0 Å². The Hall–Kier alpha value is -2.82. The molecule has 1 saturated heterocycles. The second-order valence-electron chi connectivity index (χ2n) is 7.81. The first kappa shape index (κ1) is 24.3. The fourth-order valence-electron chi connectivity index (χ4n) is 3.87. The van der Waals surface area contributed by atoms with Crippen LogP contribution in [-0.4, -0.2) is 60.9 Å². The van der Waals surface area contributed by atoms with Crippen LogP contribution in [0.4, 0.5) is 24.7 Å². The van der Waals surface area contributed by atoms with E-state index in [0.717, 1.165) is 6.54 Å². The topological polar surface area (TPSA) is 68.7 Å². The molecule has 3 aromatic rings. The summed E-state index contributed by atoms with van der Waals surface area (Å²) in [6.07, 6.45) is 2.28. The van der Waals surface area contributed by atoms with E-state index in [2.05, 4.69) is 24.9 Å². The fraction of sp³-hybridized carbons (Fsp3) is 0.391. The first-order valence-electron chi connectivity index (χ1n) is 10.8. The fourth-order valence-corrected chi connectivity index (χ4v) is 4.05. The van der Waals surface area contributed by atoms with Crippen molar-refractivity contribution in [3.63, 3.8) is 0 Å². The molecule has 0 saturated carbocycles. The van der Waals surface area contributed by atoms with Crippen molar-refractivity contribution in [2.75, 3.05) is 38.7 Å². The Balaban J connectivity index is 1.42. The number of nitrogens with zero attached hydrogens (tertiary/aromatic N) is 3. The molecule has 1 aliphatic rings. The van der Waals surface area contributed by atoms with Gasteiger partial charge in [-0.3, -0.25) is 0 Å². The van der Waals surface area contributed by atoms with Crippen molar-refractivity contribution in [1.29, 1.82) is 0 Å². The Morgan fingerprint density at radius 2 is 2.06 bits per heavy atom. The molecule has 0 radical (unpaired) electrons. The summed E-state index contributed by atoms with van der Waals surface area (Å²) < 4.78 is 54.2. The summed E-state index contributed by atoms with van der Waals surface area (Å²) >= 11 is 5.88. The van der Waals surface area contributed by atoms with Gasteiger partial charge in [-0.1, -0.05) is 11.6 Å². The summed E-state index contributed by atoms with van der Waals surface area (Å²) in [4.78, 5) is 10.7. The lowest BCUT2D eigenvalue weighted by Gasteiger charge is -2.17. The van der Waals surface area contributed by atoms with Crippen LogP contribution in [0.5, 0.6) is 11.5 Å². The van der Waals surface area contributed by atoms with Gasteiger partial charge in [-0.15, -0.1) is 0 Å². The van der Waals surface area contributed by atoms with Gasteiger partial charge >= 0.3 is 6.61 Å². The maximum Gasteiger partial charge on any atom is 0.345 e. The summed E-state index contributed by atoms with van der Waals surface area (Å²) in [7, 11) is 1.54. The Morgan fingerprint density at radius 3 is 2.82 bits per heavy atom. The highest BCUT2D eigenvalue weighted by atomic mass is 35.5. The average molecular weight is 497 g/mol. The van der Waals surface area contributed by atoms with Crippen molar-refractivity contribution in [2.45, 2.75) is 25.6 Å². The highest BCUT2D eigenvalue weighted by Gasteiger charge is 2.25. The van der Waals surface area contributed by atoms with Gasteiger partial charge in [-0.2, -0.15) is 8.78 Å². The summed E-state index contributed by atoms with van der Waals surface area (Å²) in [5, 5.41) is 3.82. The van der Waals surface area contributed by atoms with Gasteiger partial charge in [0.25, 0.3) is 0 Å². The largest absolute Gasteiger partial charge is 0.493 e. The van der Waals surface area contributed by atoms with E-state index in [-0.39, 0.29) is 5.02 Å². The third-order valence-electron chi connectivity index (χ3n) is 5.50. The van der Waals surface area contributed by atoms with E-state index in [1.807, 2.05) is 0 Å². The molecule has 0 bridgehead atoms. The summed E-state index contributed by atoms with van der Waals surface area (Å²) in [6.45, 7) is -0.417. The van der Waals surface area contributed by atoms with Crippen LogP contribution in [0, 0.1) is 5.82 Å². The maximum absolute atomic E-state index is 13.5. The second-order valence-corrected chi connectivity index (χ2v) is 8.21. The zero-order chi connectivity index (χ0) is 24.1. The van der Waals surface area contributed by atoms with Gasteiger partial charge in [0.05, 0.1) is 30.4 Å². The molecule has 182 valence electrons. The van der Waals surface area contributed by atoms with Crippen LogP contribution >= 0.6 is 11.6 Å². The normalized spacial score (nSPS) is 16.4. The van der Waals surface area contributed by atoms with Crippen LogP contribution in [0.3, 0.4) is 0 Å². The predicted octanol–water partition coefficient (Wildman–Crippen LogP) is 5.26. The summed E-state index contributed by atoms with van der Waals surface area (Å²) in [6, 6.07) is 7.84. The predicted molar refractivity (Wildman–Crippen MR) is 123 cm³/mol. The van der Waals surface area contributed by atoms with Crippen molar-refractivity contribution in [2.24, 2.45) is 0 Å². The highest BCUT2D eigenvalue weighted by Crippen LogP contribution is 2.35.